The van der Waals surface area contributed by atoms with Crippen molar-refractivity contribution in [1.29, 1.82) is 0 Å². The van der Waals surface area contributed by atoms with E-state index in [4.69, 9.17) is 0 Å². The van der Waals surface area contributed by atoms with Crippen LogP contribution < -0.4 is 0 Å². The SMILES string of the molecule is O=CC1CC1C1CCS(=O)(=O)CC1. The Balaban J connectivity index is 1.89. The Kier molecular flexibility index (Phi) is 2.18. The van der Waals surface area contributed by atoms with Crippen molar-refractivity contribution in [2.24, 2.45) is 17.8 Å². The van der Waals surface area contributed by atoms with Crippen LogP contribution in [-0.2, 0) is 14.6 Å². The number of aldehydes is 1. The Morgan fingerprint density at radius 1 is 1.15 bits per heavy atom. The second-order valence-corrected chi connectivity index (χ2v) is 6.49. The molecule has 4 heteroatoms. The van der Waals surface area contributed by atoms with Crippen molar-refractivity contribution >= 4 is 16.1 Å². The van der Waals surface area contributed by atoms with E-state index >= 15 is 0 Å². The van der Waals surface area contributed by atoms with Crippen LogP contribution in [0.4, 0.5) is 0 Å². The van der Waals surface area contributed by atoms with E-state index in [1.54, 1.807) is 0 Å². The maximum absolute atomic E-state index is 11.1. The van der Waals surface area contributed by atoms with Crippen LogP contribution in [0.25, 0.3) is 0 Å². The molecule has 0 aromatic heterocycles. The van der Waals surface area contributed by atoms with E-state index in [1.807, 2.05) is 0 Å². The van der Waals surface area contributed by atoms with E-state index in [1.165, 1.54) is 0 Å². The lowest BCUT2D eigenvalue weighted by Gasteiger charge is -2.21. The summed E-state index contributed by atoms with van der Waals surface area (Å²) in [7, 11) is -2.73. The first-order valence-electron chi connectivity index (χ1n) is 4.78. The largest absolute Gasteiger partial charge is 0.303 e. The predicted octanol–water partition coefficient (Wildman–Crippen LogP) is 0.646. The Labute approximate surface area is 78.4 Å². The van der Waals surface area contributed by atoms with E-state index in [2.05, 4.69) is 0 Å². The van der Waals surface area contributed by atoms with Gasteiger partial charge in [-0.15, -0.1) is 0 Å². The van der Waals surface area contributed by atoms with Gasteiger partial charge in [-0.05, 0) is 31.1 Å². The van der Waals surface area contributed by atoms with Crippen LogP contribution in [-0.4, -0.2) is 26.2 Å². The summed E-state index contributed by atoms with van der Waals surface area (Å²) in [4.78, 5) is 10.4. The molecule has 2 fully saturated rings. The summed E-state index contributed by atoms with van der Waals surface area (Å²) in [6.07, 6.45) is 3.57. The van der Waals surface area contributed by atoms with Crippen LogP contribution in [0.5, 0.6) is 0 Å². The second-order valence-electron chi connectivity index (χ2n) is 4.19. The zero-order chi connectivity index (χ0) is 9.47. The molecule has 3 nitrogen and oxygen atoms in total. The molecule has 1 aliphatic heterocycles. The monoisotopic (exact) mass is 202 g/mol. The normalized spacial score (nSPS) is 38.5. The van der Waals surface area contributed by atoms with Crippen molar-refractivity contribution in [3.05, 3.63) is 0 Å². The van der Waals surface area contributed by atoms with Gasteiger partial charge in [-0.25, -0.2) is 8.42 Å². The molecule has 2 aliphatic rings. The first-order valence-corrected chi connectivity index (χ1v) is 6.60. The quantitative estimate of drug-likeness (QED) is 0.618. The van der Waals surface area contributed by atoms with Crippen LogP contribution in [0.3, 0.4) is 0 Å². The van der Waals surface area contributed by atoms with E-state index in [0.717, 1.165) is 25.5 Å². The molecular formula is C9H14O3S. The number of carbonyl (C=O) groups excluding carboxylic acids is 1. The van der Waals surface area contributed by atoms with Gasteiger partial charge in [0.25, 0.3) is 0 Å². The highest BCUT2D eigenvalue weighted by atomic mass is 32.2. The van der Waals surface area contributed by atoms with Gasteiger partial charge in [-0.1, -0.05) is 0 Å². The molecule has 1 saturated carbocycles. The number of hydrogen-bond donors (Lipinski definition) is 0. The summed E-state index contributed by atoms with van der Waals surface area (Å²) >= 11 is 0. The minimum Gasteiger partial charge on any atom is -0.303 e. The summed E-state index contributed by atoms with van der Waals surface area (Å²) in [5.41, 5.74) is 0. The van der Waals surface area contributed by atoms with Gasteiger partial charge in [0.15, 0.2) is 0 Å². The van der Waals surface area contributed by atoms with E-state index in [9.17, 15) is 13.2 Å². The third kappa shape index (κ3) is 1.93. The molecule has 0 bridgehead atoms. The van der Waals surface area contributed by atoms with Gasteiger partial charge in [-0.3, -0.25) is 0 Å². The molecule has 2 unspecified atom stereocenters. The van der Waals surface area contributed by atoms with Crippen molar-refractivity contribution in [3.63, 3.8) is 0 Å². The minimum atomic E-state index is -2.73. The van der Waals surface area contributed by atoms with Crippen LogP contribution in [0.15, 0.2) is 0 Å². The highest BCUT2D eigenvalue weighted by Crippen LogP contribution is 2.46. The van der Waals surface area contributed by atoms with Crippen LogP contribution in [0, 0.1) is 17.8 Å². The van der Waals surface area contributed by atoms with Crippen LogP contribution >= 0.6 is 0 Å². The molecule has 2 rings (SSSR count). The molecule has 74 valence electrons. The molecule has 1 saturated heterocycles. The Bertz CT molecular complexity index is 293. The number of hydrogen-bond acceptors (Lipinski definition) is 3. The zero-order valence-electron chi connectivity index (χ0n) is 7.48. The van der Waals surface area contributed by atoms with Gasteiger partial charge in [-0.2, -0.15) is 0 Å². The van der Waals surface area contributed by atoms with Crippen molar-refractivity contribution in [2.45, 2.75) is 19.3 Å². The van der Waals surface area contributed by atoms with E-state index < -0.39 is 9.84 Å². The summed E-state index contributed by atoms with van der Waals surface area (Å²) in [6, 6.07) is 0. The van der Waals surface area contributed by atoms with E-state index in [-0.39, 0.29) is 5.92 Å². The number of carbonyl (C=O) groups is 1. The highest BCUT2D eigenvalue weighted by Gasteiger charge is 2.44. The first-order chi connectivity index (χ1) is 6.12. The van der Waals surface area contributed by atoms with Crippen molar-refractivity contribution in [1.82, 2.24) is 0 Å². The Hall–Kier alpha value is -0.380. The third-order valence-electron chi connectivity index (χ3n) is 3.27. The molecule has 0 aromatic carbocycles. The molecule has 0 aromatic rings. The van der Waals surface area contributed by atoms with Gasteiger partial charge in [0, 0.05) is 5.92 Å². The molecule has 1 heterocycles. The number of rotatable bonds is 2. The van der Waals surface area contributed by atoms with Crippen molar-refractivity contribution in [3.8, 4) is 0 Å². The molecular weight excluding hydrogens is 188 g/mol. The topological polar surface area (TPSA) is 51.2 Å². The molecule has 1 aliphatic carbocycles. The maximum Gasteiger partial charge on any atom is 0.150 e. The van der Waals surface area contributed by atoms with Crippen LogP contribution in [0.1, 0.15) is 19.3 Å². The molecule has 0 amide bonds. The summed E-state index contributed by atoms with van der Waals surface area (Å²) < 4.78 is 22.2. The Morgan fingerprint density at radius 2 is 1.77 bits per heavy atom. The minimum absolute atomic E-state index is 0.241. The van der Waals surface area contributed by atoms with Crippen molar-refractivity contribution < 1.29 is 13.2 Å². The van der Waals surface area contributed by atoms with Crippen LogP contribution in [0.2, 0.25) is 0 Å². The van der Waals surface area contributed by atoms with Gasteiger partial charge >= 0.3 is 0 Å². The van der Waals surface area contributed by atoms with Gasteiger partial charge in [0.2, 0.25) is 0 Å². The van der Waals surface area contributed by atoms with Gasteiger partial charge < -0.3 is 4.79 Å². The lowest BCUT2D eigenvalue weighted by molar-refractivity contribution is -0.109. The fraction of sp³-hybridized carbons (Fsp3) is 0.889. The molecule has 0 spiro atoms. The zero-order valence-corrected chi connectivity index (χ0v) is 8.29. The first kappa shape index (κ1) is 9.19. The maximum atomic E-state index is 11.1. The highest BCUT2D eigenvalue weighted by molar-refractivity contribution is 7.91. The summed E-state index contributed by atoms with van der Waals surface area (Å²) in [5.74, 6) is 1.91. The van der Waals surface area contributed by atoms with Gasteiger partial charge in [0.1, 0.15) is 16.1 Å². The predicted molar refractivity (Wildman–Crippen MR) is 49.0 cm³/mol. The molecule has 2 atom stereocenters. The molecule has 13 heavy (non-hydrogen) atoms. The van der Waals surface area contributed by atoms with E-state index in [0.29, 0.717) is 23.3 Å². The number of sulfone groups is 1. The fourth-order valence-corrected chi connectivity index (χ4v) is 3.80. The lowest BCUT2D eigenvalue weighted by atomic mass is 9.96. The average Bonchev–Trinajstić information content (AvgIpc) is 2.83. The second kappa shape index (κ2) is 3.08. The molecule has 0 radical (unpaired) electrons. The van der Waals surface area contributed by atoms with Crippen molar-refractivity contribution in [2.75, 3.05) is 11.5 Å². The smallest absolute Gasteiger partial charge is 0.150 e. The standard InChI is InChI=1S/C9H14O3S/c10-6-8-5-9(8)7-1-3-13(11,12)4-2-7/h6-9H,1-5H2. The Morgan fingerprint density at radius 3 is 2.23 bits per heavy atom. The summed E-state index contributed by atoms with van der Waals surface area (Å²) in [5, 5.41) is 0. The lowest BCUT2D eigenvalue weighted by Crippen LogP contribution is -2.24. The third-order valence-corrected chi connectivity index (χ3v) is 4.99. The van der Waals surface area contributed by atoms with Gasteiger partial charge in [0.05, 0.1) is 11.5 Å². The molecule has 0 N–H and O–H groups in total. The average molecular weight is 202 g/mol. The summed E-state index contributed by atoms with van der Waals surface area (Å²) in [6.45, 7) is 0. The fourth-order valence-electron chi connectivity index (χ4n) is 2.27.